The van der Waals surface area contributed by atoms with Crippen LogP contribution in [0.4, 0.5) is 0 Å². The number of nitrogens with two attached hydrogens (primary N) is 1. The first-order valence-corrected chi connectivity index (χ1v) is 8.93. The van der Waals surface area contributed by atoms with Gasteiger partial charge in [-0.05, 0) is 53.2 Å². The molecule has 1 aromatic rings. The first-order chi connectivity index (χ1) is 9.02. The summed E-state index contributed by atoms with van der Waals surface area (Å²) >= 11 is 5.40. The van der Waals surface area contributed by atoms with Gasteiger partial charge in [-0.1, -0.05) is 20.8 Å². The molecule has 108 valence electrons. The van der Waals surface area contributed by atoms with Crippen molar-refractivity contribution in [3.05, 3.63) is 20.8 Å². The maximum atomic E-state index is 6.41. The van der Waals surface area contributed by atoms with E-state index in [0.29, 0.717) is 6.04 Å². The van der Waals surface area contributed by atoms with Gasteiger partial charge in [0.2, 0.25) is 0 Å². The second-order valence-corrected chi connectivity index (χ2v) is 7.83. The van der Waals surface area contributed by atoms with Crippen molar-refractivity contribution in [3.63, 3.8) is 0 Å². The van der Waals surface area contributed by atoms with Crippen molar-refractivity contribution >= 4 is 27.3 Å². The van der Waals surface area contributed by atoms with Gasteiger partial charge in [-0.25, -0.2) is 0 Å². The zero-order valence-electron chi connectivity index (χ0n) is 12.1. The molecule has 4 heteroatoms. The molecule has 1 saturated heterocycles. The van der Waals surface area contributed by atoms with Crippen molar-refractivity contribution < 1.29 is 0 Å². The molecular weight excluding hydrogens is 320 g/mol. The molecule has 2 rings (SSSR count). The van der Waals surface area contributed by atoms with E-state index < -0.39 is 0 Å². The quantitative estimate of drug-likeness (QED) is 0.864. The zero-order chi connectivity index (χ0) is 14.0. The van der Waals surface area contributed by atoms with Crippen molar-refractivity contribution in [2.24, 2.45) is 17.6 Å². The second kappa shape index (κ2) is 6.70. The molecule has 1 aliphatic rings. The monoisotopic (exact) mass is 344 g/mol. The highest BCUT2D eigenvalue weighted by molar-refractivity contribution is 9.10. The molecule has 0 aromatic carbocycles. The van der Waals surface area contributed by atoms with Gasteiger partial charge in [-0.2, -0.15) is 0 Å². The molecule has 19 heavy (non-hydrogen) atoms. The van der Waals surface area contributed by atoms with Gasteiger partial charge in [0.25, 0.3) is 0 Å². The SMILES string of the molecule is CCC(N)C(c1cc(Br)cs1)N1CCC(C(C)C)C1. The lowest BCUT2D eigenvalue weighted by Crippen LogP contribution is -2.39. The van der Waals surface area contributed by atoms with Gasteiger partial charge in [0, 0.05) is 27.3 Å². The Morgan fingerprint density at radius 1 is 1.53 bits per heavy atom. The normalized spacial score (nSPS) is 24.0. The maximum absolute atomic E-state index is 6.41. The number of nitrogens with zero attached hydrogens (tertiary/aromatic N) is 1. The number of thiophene rings is 1. The standard InChI is InChI=1S/C15H25BrN2S/c1-4-13(17)15(14-7-12(16)9-19-14)18-6-5-11(8-18)10(2)3/h7,9-11,13,15H,4-6,8,17H2,1-3H3. The fourth-order valence-electron chi connectivity index (χ4n) is 2.98. The largest absolute Gasteiger partial charge is 0.326 e. The topological polar surface area (TPSA) is 29.3 Å². The smallest absolute Gasteiger partial charge is 0.0593 e. The van der Waals surface area contributed by atoms with E-state index in [1.807, 2.05) is 11.3 Å². The van der Waals surface area contributed by atoms with E-state index in [4.69, 9.17) is 5.73 Å². The lowest BCUT2D eigenvalue weighted by Gasteiger charge is -2.32. The second-order valence-electron chi connectivity index (χ2n) is 5.97. The first-order valence-electron chi connectivity index (χ1n) is 7.26. The average Bonchev–Trinajstić information content (AvgIpc) is 2.99. The van der Waals surface area contributed by atoms with Crippen LogP contribution in [0, 0.1) is 11.8 Å². The minimum atomic E-state index is 0.233. The summed E-state index contributed by atoms with van der Waals surface area (Å²) in [7, 11) is 0. The average molecular weight is 345 g/mol. The van der Waals surface area contributed by atoms with Crippen LogP contribution in [0.25, 0.3) is 0 Å². The van der Waals surface area contributed by atoms with E-state index in [0.717, 1.165) is 18.3 Å². The molecular formula is C15H25BrN2S. The van der Waals surface area contributed by atoms with Crippen LogP contribution in [0.1, 0.15) is 44.5 Å². The lowest BCUT2D eigenvalue weighted by molar-refractivity contribution is 0.199. The Bertz CT molecular complexity index is 405. The van der Waals surface area contributed by atoms with Crippen LogP contribution in [-0.2, 0) is 0 Å². The maximum Gasteiger partial charge on any atom is 0.0593 e. The third kappa shape index (κ3) is 3.60. The minimum Gasteiger partial charge on any atom is -0.326 e. The van der Waals surface area contributed by atoms with Crippen molar-refractivity contribution in [3.8, 4) is 0 Å². The third-order valence-corrected chi connectivity index (χ3v) is 6.11. The van der Waals surface area contributed by atoms with Crippen molar-refractivity contribution in [1.82, 2.24) is 4.90 Å². The minimum absolute atomic E-state index is 0.233. The van der Waals surface area contributed by atoms with E-state index in [1.165, 1.54) is 28.9 Å². The molecule has 1 fully saturated rings. The summed E-state index contributed by atoms with van der Waals surface area (Å²) in [6, 6.07) is 2.87. The Kier molecular flexibility index (Phi) is 5.46. The number of hydrogen-bond donors (Lipinski definition) is 1. The van der Waals surface area contributed by atoms with Gasteiger partial charge in [-0.15, -0.1) is 11.3 Å². The Labute approximate surface area is 129 Å². The molecule has 3 unspecified atom stereocenters. The number of likely N-dealkylation sites (tertiary alicyclic amines) is 1. The summed E-state index contributed by atoms with van der Waals surface area (Å²) in [6.07, 6.45) is 2.35. The van der Waals surface area contributed by atoms with Crippen LogP contribution in [0.5, 0.6) is 0 Å². The third-order valence-electron chi connectivity index (χ3n) is 4.35. The van der Waals surface area contributed by atoms with Gasteiger partial charge in [0.1, 0.15) is 0 Å². The van der Waals surface area contributed by atoms with Crippen molar-refractivity contribution in [1.29, 1.82) is 0 Å². The number of rotatable bonds is 5. The molecule has 2 heterocycles. The molecule has 0 saturated carbocycles. The summed E-state index contributed by atoms with van der Waals surface area (Å²) in [5.41, 5.74) is 6.41. The Morgan fingerprint density at radius 2 is 2.26 bits per heavy atom. The molecule has 0 radical (unpaired) electrons. The molecule has 0 spiro atoms. The predicted molar refractivity (Wildman–Crippen MR) is 87.5 cm³/mol. The van der Waals surface area contributed by atoms with Crippen LogP contribution < -0.4 is 5.73 Å². The number of hydrogen-bond acceptors (Lipinski definition) is 3. The molecule has 0 aliphatic carbocycles. The van der Waals surface area contributed by atoms with Gasteiger partial charge in [0.15, 0.2) is 0 Å². The summed E-state index contributed by atoms with van der Waals surface area (Å²) in [5.74, 6) is 1.61. The summed E-state index contributed by atoms with van der Waals surface area (Å²) in [5, 5.41) is 2.17. The van der Waals surface area contributed by atoms with Crippen LogP contribution in [0.15, 0.2) is 15.9 Å². The van der Waals surface area contributed by atoms with Crippen LogP contribution in [-0.4, -0.2) is 24.0 Å². The van der Waals surface area contributed by atoms with Crippen molar-refractivity contribution in [2.45, 2.75) is 45.7 Å². The molecule has 2 nitrogen and oxygen atoms in total. The number of halogens is 1. The van der Waals surface area contributed by atoms with Gasteiger partial charge in [-0.3, -0.25) is 4.90 Å². The zero-order valence-corrected chi connectivity index (χ0v) is 14.5. The fraction of sp³-hybridized carbons (Fsp3) is 0.733. The summed E-state index contributed by atoms with van der Waals surface area (Å²) in [6.45, 7) is 9.26. The molecule has 3 atom stereocenters. The van der Waals surface area contributed by atoms with E-state index in [2.05, 4.69) is 53.0 Å². The van der Waals surface area contributed by atoms with Gasteiger partial charge < -0.3 is 5.73 Å². The van der Waals surface area contributed by atoms with E-state index in [-0.39, 0.29) is 6.04 Å². The predicted octanol–water partition coefficient (Wildman–Crippen LogP) is 4.27. The van der Waals surface area contributed by atoms with E-state index >= 15 is 0 Å². The highest BCUT2D eigenvalue weighted by Gasteiger charge is 2.33. The Balaban J connectivity index is 2.15. The summed E-state index contributed by atoms with van der Waals surface area (Å²) in [4.78, 5) is 4.02. The van der Waals surface area contributed by atoms with Gasteiger partial charge in [0.05, 0.1) is 6.04 Å². The molecule has 1 aromatic heterocycles. The lowest BCUT2D eigenvalue weighted by atomic mass is 9.95. The van der Waals surface area contributed by atoms with Crippen LogP contribution in [0.2, 0.25) is 0 Å². The Morgan fingerprint density at radius 3 is 2.74 bits per heavy atom. The molecule has 2 N–H and O–H groups in total. The Hall–Kier alpha value is 0.1000. The summed E-state index contributed by atoms with van der Waals surface area (Å²) < 4.78 is 1.18. The fourth-order valence-corrected chi connectivity index (χ4v) is 4.63. The van der Waals surface area contributed by atoms with Crippen molar-refractivity contribution in [2.75, 3.05) is 13.1 Å². The molecule has 1 aliphatic heterocycles. The highest BCUT2D eigenvalue weighted by Crippen LogP contribution is 2.36. The van der Waals surface area contributed by atoms with E-state index in [9.17, 15) is 0 Å². The van der Waals surface area contributed by atoms with Gasteiger partial charge >= 0.3 is 0 Å². The molecule has 0 bridgehead atoms. The molecule has 0 amide bonds. The van der Waals surface area contributed by atoms with Crippen LogP contribution in [0.3, 0.4) is 0 Å². The highest BCUT2D eigenvalue weighted by atomic mass is 79.9. The van der Waals surface area contributed by atoms with Crippen LogP contribution >= 0.6 is 27.3 Å². The first kappa shape index (κ1) is 15.5. The van der Waals surface area contributed by atoms with E-state index in [1.54, 1.807) is 0 Å².